The summed E-state index contributed by atoms with van der Waals surface area (Å²) in [5.41, 5.74) is -1.09. The molecule has 78 valence electrons. The molecule has 0 fully saturated rings. The van der Waals surface area contributed by atoms with Crippen molar-refractivity contribution in [2.24, 2.45) is 0 Å². The normalized spacial score (nSPS) is 12.1. The van der Waals surface area contributed by atoms with Crippen molar-refractivity contribution in [1.82, 2.24) is 4.98 Å². The molecule has 1 aromatic heterocycles. The molecule has 14 heavy (non-hydrogen) atoms. The van der Waals surface area contributed by atoms with E-state index in [0.29, 0.717) is 12.4 Å². The maximum atomic E-state index is 13.0. The molecule has 0 radical (unpaired) electrons. The van der Waals surface area contributed by atoms with E-state index in [1.165, 1.54) is 0 Å². The van der Waals surface area contributed by atoms with Gasteiger partial charge in [-0.25, -0.2) is 21.6 Å². The second-order valence-corrected chi connectivity index (χ2v) is 4.81. The molecule has 0 atom stereocenters. The highest BCUT2D eigenvalue weighted by Crippen LogP contribution is 2.26. The van der Waals surface area contributed by atoms with Gasteiger partial charge >= 0.3 is 0 Å². The summed E-state index contributed by atoms with van der Waals surface area (Å²) in [5, 5.41) is 0. The largest absolute Gasteiger partial charge is 0.268 e. The molecule has 0 saturated carbocycles. The zero-order chi connectivity index (χ0) is 10.9. The van der Waals surface area contributed by atoms with Crippen LogP contribution in [0.3, 0.4) is 0 Å². The van der Waals surface area contributed by atoms with Crippen molar-refractivity contribution in [3.63, 3.8) is 0 Å². The van der Waals surface area contributed by atoms with Crippen LogP contribution in [0, 0.1) is 5.82 Å². The fraction of sp³-hybridized carbons (Fsp3) is 0.167. The molecule has 3 nitrogen and oxygen atoms in total. The Kier molecular flexibility index (Phi) is 3.01. The van der Waals surface area contributed by atoms with Crippen molar-refractivity contribution in [2.45, 2.75) is 11.3 Å². The first-order valence-corrected chi connectivity index (χ1v) is 5.51. The Morgan fingerprint density at radius 3 is 2.36 bits per heavy atom. The molecule has 0 amide bonds. The molecule has 1 heterocycles. The van der Waals surface area contributed by atoms with E-state index in [0.717, 1.165) is 0 Å². The van der Waals surface area contributed by atoms with Crippen LogP contribution in [0.25, 0.3) is 0 Å². The molecule has 0 saturated heterocycles. The summed E-state index contributed by atoms with van der Waals surface area (Å²) < 4.78 is 58.5. The Labute approximate surface area is 81.9 Å². The lowest BCUT2D eigenvalue weighted by atomic mass is 10.3. The Hall–Kier alpha value is -0.820. The highest BCUT2D eigenvalue weighted by atomic mass is 35.7. The second-order valence-electron chi connectivity index (χ2n) is 2.28. The van der Waals surface area contributed by atoms with Crippen LogP contribution in [0.15, 0.2) is 17.3 Å². The average molecular weight is 246 g/mol. The van der Waals surface area contributed by atoms with Gasteiger partial charge in [-0.15, -0.1) is 0 Å². The van der Waals surface area contributed by atoms with E-state index in [2.05, 4.69) is 4.98 Å². The van der Waals surface area contributed by atoms with E-state index >= 15 is 0 Å². The van der Waals surface area contributed by atoms with E-state index in [1.54, 1.807) is 0 Å². The third kappa shape index (κ3) is 2.16. The highest BCUT2D eigenvalue weighted by Gasteiger charge is 2.23. The summed E-state index contributed by atoms with van der Waals surface area (Å²) in [6, 6.07) is 0. The third-order valence-corrected chi connectivity index (χ3v) is 2.68. The summed E-state index contributed by atoms with van der Waals surface area (Å²) in [7, 11) is 0.400. The number of rotatable bonds is 2. The number of nitrogens with zero attached hydrogens (tertiary/aromatic N) is 1. The van der Waals surface area contributed by atoms with E-state index in [1.807, 2.05) is 0 Å². The molecular weight excluding hydrogens is 243 g/mol. The third-order valence-electron chi connectivity index (χ3n) is 1.37. The lowest BCUT2D eigenvalue weighted by Gasteiger charge is -2.03. The zero-order valence-electron chi connectivity index (χ0n) is 6.42. The van der Waals surface area contributed by atoms with Crippen LogP contribution in [-0.4, -0.2) is 13.4 Å². The van der Waals surface area contributed by atoms with Gasteiger partial charge in [0.25, 0.3) is 15.5 Å². The maximum absolute atomic E-state index is 13.0. The quantitative estimate of drug-likeness (QED) is 0.750. The van der Waals surface area contributed by atoms with Gasteiger partial charge in [0.05, 0.1) is 5.56 Å². The van der Waals surface area contributed by atoms with Gasteiger partial charge in [0.15, 0.2) is 5.82 Å². The Balaban J connectivity index is 3.43. The first-order chi connectivity index (χ1) is 6.34. The second kappa shape index (κ2) is 3.74. The molecular formula is C6H3ClF3NO2S. The van der Waals surface area contributed by atoms with E-state index < -0.39 is 31.8 Å². The standard InChI is InChI=1S/C6H3ClF3NO2S/c7-14(12,13)4-2-11-1-3(5(4)8)6(9)10/h1-2,6H. The van der Waals surface area contributed by atoms with Gasteiger partial charge in [-0.2, -0.15) is 0 Å². The number of hydrogen-bond acceptors (Lipinski definition) is 3. The van der Waals surface area contributed by atoms with Crippen LogP contribution in [0.4, 0.5) is 13.2 Å². The molecule has 1 rings (SSSR count). The van der Waals surface area contributed by atoms with Crippen LogP contribution in [0.5, 0.6) is 0 Å². The summed E-state index contributed by atoms with van der Waals surface area (Å²) in [4.78, 5) is 2.11. The minimum Gasteiger partial charge on any atom is -0.263 e. The topological polar surface area (TPSA) is 47.0 Å². The van der Waals surface area contributed by atoms with Gasteiger partial charge < -0.3 is 0 Å². The summed E-state index contributed by atoms with van der Waals surface area (Å²) in [5.74, 6) is -1.56. The summed E-state index contributed by atoms with van der Waals surface area (Å²) >= 11 is 0. The number of alkyl halides is 2. The average Bonchev–Trinajstić information content (AvgIpc) is 2.01. The molecule has 0 spiro atoms. The van der Waals surface area contributed by atoms with E-state index in [9.17, 15) is 21.6 Å². The minimum absolute atomic E-state index is 0.547. The molecule has 0 N–H and O–H groups in total. The van der Waals surface area contributed by atoms with Gasteiger partial charge in [-0.3, -0.25) is 4.98 Å². The molecule has 0 bridgehead atoms. The van der Waals surface area contributed by atoms with Crippen molar-refractivity contribution in [2.75, 3.05) is 0 Å². The van der Waals surface area contributed by atoms with Crippen LogP contribution >= 0.6 is 10.7 Å². The molecule has 0 unspecified atom stereocenters. The fourth-order valence-electron chi connectivity index (χ4n) is 0.763. The maximum Gasteiger partial charge on any atom is 0.268 e. The SMILES string of the molecule is O=S(=O)(Cl)c1cncc(C(F)F)c1F. The van der Waals surface area contributed by atoms with Crippen molar-refractivity contribution >= 4 is 19.7 Å². The van der Waals surface area contributed by atoms with Crippen LogP contribution in [0.1, 0.15) is 12.0 Å². The fourth-order valence-corrected chi connectivity index (χ4v) is 1.60. The van der Waals surface area contributed by atoms with Crippen molar-refractivity contribution < 1.29 is 21.6 Å². The Morgan fingerprint density at radius 2 is 1.93 bits per heavy atom. The highest BCUT2D eigenvalue weighted by molar-refractivity contribution is 8.13. The number of hydrogen-bond donors (Lipinski definition) is 0. The first kappa shape index (κ1) is 11.3. The Bertz CT molecular complexity index is 448. The number of halogens is 4. The van der Waals surface area contributed by atoms with Crippen LogP contribution < -0.4 is 0 Å². The van der Waals surface area contributed by atoms with Gasteiger partial charge in [-0.05, 0) is 0 Å². The smallest absolute Gasteiger partial charge is 0.263 e. The lowest BCUT2D eigenvalue weighted by Crippen LogP contribution is -2.01. The molecule has 0 aliphatic carbocycles. The minimum atomic E-state index is -4.39. The van der Waals surface area contributed by atoms with Crippen molar-refractivity contribution in [3.8, 4) is 0 Å². The van der Waals surface area contributed by atoms with Crippen molar-refractivity contribution in [1.29, 1.82) is 0 Å². The number of pyridine rings is 1. The van der Waals surface area contributed by atoms with E-state index in [-0.39, 0.29) is 0 Å². The van der Waals surface area contributed by atoms with Gasteiger partial charge in [0.1, 0.15) is 4.90 Å². The van der Waals surface area contributed by atoms with Gasteiger partial charge in [0, 0.05) is 23.1 Å². The zero-order valence-corrected chi connectivity index (χ0v) is 7.99. The lowest BCUT2D eigenvalue weighted by molar-refractivity contribution is 0.145. The molecule has 0 aromatic carbocycles. The van der Waals surface area contributed by atoms with Gasteiger partial charge in [0.2, 0.25) is 0 Å². The predicted molar refractivity (Wildman–Crippen MR) is 42.2 cm³/mol. The Morgan fingerprint density at radius 1 is 1.36 bits per heavy atom. The van der Waals surface area contributed by atoms with E-state index in [4.69, 9.17) is 10.7 Å². The molecule has 1 aromatic rings. The van der Waals surface area contributed by atoms with Crippen molar-refractivity contribution in [3.05, 3.63) is 23.8 Å². The van der Waals surface area contributed by atoms with Gasteiger partial charge in [-0.1, -0.05) is 0 Å². The predicted octanol–water partition coefficient (Wildman–Crippen LogP) is 2.09. The molecule has 0 aliphatic rings. The van der Waals surface area contributed by atoms with Crippen LogP contribution in [0.2, 0.25) is 0 Å². The first-order valence-electron chi connectivity index (χ1n) is 3.20. The monoisotopic (exact) mass is 245 g/mol. The molecule has 0 aliphatic heterocycles. The summed E-state index contributed by atoms with van der Waals surface area (Å²) in [6.45, 7) is 0. The molecule has 8 heteroatoms. The summed E-state index contributed by atoms with van der Waals surface area (Å²) in [6.07, 6.45) is -2.02. The number of aromatic nitrogens is 1. The van der Waals surface area contributed by atoms with Crippen LogP contribution in [-0.2, 0) is 9.05 Å².